The topological polar surface area (TPSA) is 84.7 Å². The summed E-state index contributed by atoms with van der Waals surface area (Å²) in [6.45, 7) is 1.40. The molecule has 4 rings (SSSR count). The summed E-state index contributed by atoms with van der Waals surface area (Å²) < 4.78 is 38.6. The van der Waals surface area contributed by atoms with Gasteiger partial charge in [-0.05, 0) is 48.4 Å². The van der Waals surface area contributed by atoms with Crippen LogP contribution in [0.1, 0.15) is 22.3 Å². The number of aryl methyl sites for hydroxylation is 1. The highest BCUT2D eigenvalue weighted by Gasteiger charge is 2.59. The maximum absolute atomic E-state index is 13.6. The Hall–Kier alpha value is -3.87. The Morgan fingerprint density at radius 2 is 1.79 bits per heavy atom. The van der Waals surface area contributed by atoms with Gasteiger partial charge in [0.25, 0.3) is 5.91 Å². The van der Waals surface area contributed by atoms with Gasteiger partial charge in [0, 0.05) is 12.2 Å². The van der Waals surface area contributed by atoms with Crippen molar-refractivity contribution in [3.63, 3.8) is 0 Å². The van der Waals surface area contributed by atoms with E-state index in [9.17, 15) is 27.6 Å². The fourth-order valence-electron chi connectivity index (χ4n) is 4.27. The second-order valence-corrected chi connectivity index (χ2v) is 8.22. The molecule has 2 saturated heterocycles. The van der Waals surface area contributed by atoms with Crippen LogP contribution in [0.5, 0.6) is 0 Å². The van der Waals surface area contributed by atoms with Gasteiger partial charge < -0.3 is 14.7 Å². The molecule has 0 saturated carbocycles. The summed E-state index contributed by atoms with van der Waals surface area (Å²) in [4.78, 5) is 42.0. The van der Waals surface area contributed by atoms with E-state index in [0.717, 1.165) is 12.1 Å². The number of likely N-dealkylation sites (tertiary alicyclic amines) is 1. The Labute approximate surface area is 187 Å². The average Bonchev–Trinajstić information content (AvgIpc) is 2.75. The predicted molar refractivity (Wildman–Crippen MR) is 111 cm³/mol. The largest absolute Gasteiger partial charge is 0.416 e. The molecule has 0 aromatic heterocycles. The van der Waals surface area contributed by atoms with Gasteiger partial charge in [-0.25, -0.2) is 0 Å². The highest BCUT2D eigenvalue weighted by molar-refractivity contribution is 6.10. The van der Waals surface area contributed by atoms with Crippen LogP contribution in [0.3, 0.4) is 0 Å². The van der Waals surface area contributed by atoms with Crippen molar-refractivity contribution in [2.24, 2.45) is 0 Å². The first-order valence-corrected chi connectivity index (χ1v) is 10.1. The molecule has 7 nitrogen and oxygen atoms in total. The van der Waals surface area contributed by atoms with Crippen molar-refractivity contribution < 1.29 is 27.6 Å². The number of carbonyl (C=O) groups excluding carboxylic acids is 3. The van der Waals surface area contributed by atoms with Gasteiger partial charge in [0.15, 0.2) is 5.54 Å². The molecule has 170 valence electrons. The van der Waals surface area contributed by atoms with Gasteiger partial charge in [0.05, 0.1) is 30.3 Å². The molecule has 0 radical (unpaired) electrons. The van der Waals surface area contributed by atoms with Gasteiger partial charge in [0.2, 0.25) is 12.3 Å². The second-order valence-electron chi connectivity index (χ2n) is 8.22. The van der Waals surface area contributed by atoms with Crippen LogP contribution >= 0.6 is 0 Å². The van der Waals surface area contributed by atoms with Crippen LogP contribution in [0.25, 0.3) is 0 Å². The zero-order chi connectivity index (χ0) is 24.0. The molecule has 0 atom stereocenters. The summed E-state index contributed by atoms with van der Waals surface area (Å²) in [6, 6.07) is 11.3. The van der Waals surface area contributed by atoms with Crippen molar-refractivity contribution in [2.75, 3.05) is 24.5 Å². The Balaban J connectivity index is 1.65. The molecule has 2 aliphatic rings. The minimum absolute atomic E-state index is 0.00648. The van der Waals surface area contributed by atoms with E-state index in [0.29, 0.717) is 28.8 Å². The van der Waals surface area contributed by atoms with E-state index in [-0.39, 0.29) is 38.0 Å². The fourth-order valence-corrected chi connectivity index (χ4v) is 4.27. The number of hydrogen-bond acceptors (Lipinski definition) is 4. The van der Waals surface area contributed by atoms with Gasteiger partial charge in [0.1, 0.15) is 6.54 Å². The number of alkyl halides is 3. The molecule has 1 spiro atoms. The Morgan fingerprint density at radius 1 is 1.12 bits per heavy atom. The van der Waals surface area contributed by atoms with Crippen molar-refractivity contribution in [3.8, 4) is 6.07 Å². The van der Waals surface area contributed by atoms with Crippen LogP contribution in [0.4, 0.5) is 18.9 Å². The lowest BCUT2D eigenvalue weighted by Gasteiger charge is -2.57. The summed E-state index contributed by atoms with van der Waals surface area (Å²) in [6.07, 6.45) is -3.89. The van der Waals surface area contributed by atoms with Crippen LogP contribution < -0.4 is 4.90 Å². The number of hydrogen-bond donors (Lipinski definition) is 0. The van der Waals surface area contributed by atoms with E-state index in [1.807, 2.05) is 0 Å². The molecule has 0 bridgehead atoms. The van der Waals surface area contributed by atoms with E-state index in [1.54, 1.807) is 25.1 Å². The second kappa shape index (κ2) is 7.92. The van der Waals surface area contributed by atoms with Crippen LogP contribution in [0.2, 0.25) is 0 Å². The van der Waals surface area contributed by atoms with Crippen molar-refractivity contribution in [1.29, 1.82) is 5.26 Å². The van der Waals surface area contributed by atoms with Gasteiger partial charge in [-0.3, -0.25) is 14.4 Å². The molecule has 33 heavy (non-hydrogen) atoms. The van der Waals surface area contributed by atoms with Crippen LogP contribution in [-0.2, 0) is 27.1 Å². The highest BCUT2D eigenvalue weighted by Crippen LogP contribution is 2.37. The minimum atomic E-state index is -4.48. The Morgan fingerprint density at radius 3 is 2.33 bits per heavy atom. The third kappa shape index (κ3) is 3.80. The number of halogens is 3. The first-order chi connectivity index (χ1) is 15.6. The number of rotatable bonds is 4. The Bertz CT molecular complexity index is 1160. The molecule has 0 unspecified atom stereocenters. The quantitative estimate of drug-likeness (QED) is 0.662. The molecule has 3 amide bonds. The number of benzene rings is 2. The number of amides is 3. The van der Waals surface area contributed by atoms with Crippen molar-refractivity contribution in [3.05, 3.63) is 64.7 Å². The van der Waals surface area contributed by atoms with E-state index in [1.165, 1.54) is 26.8 Å². The van der Waals surface area contributed by atoms with E-state index in [2.05, 4.69) is 6.07 Å². The summed E-state index contributed by atoms with van der Waals surface area (Å²) >= 11 is 0. The third-order valence-electron chi connectivity index (χ3n) is 6.10. The van der Waals surface area contributed by atoms with E-state index >= 15 is 0 Å². The molecule has 2 fully saturated rings. The zero-order valence-electron chi connectivity index (χ0n) is 17.6. The molecule has 0 aliphatic carbocycles. The molecule has 2 heterocycles. The molecular weight excluding hydrogens is 437 g/mol. The lowest BCUT2D eigenvalue weighted by atomic mass is 9.83. The van der Waals surface area contributed by atoms with Gasteiger partial charge in [-0.15, -0.1) is 0 Å². The number of anilines is 1. The van der Waals surface area contributed by atoms with E-state index < -0.39 is 17.3 Å². The first kappa shape index (κ1) is 22.3. The molecular formula is C23H19F3N4O3. The smallest absolute Gasteiger partial charge is 0.339 e. The zero-order valence-corrected chi connectivity index (χ0v) is 17.6. The lowest BCUT2D eigenvalue weighted by Crippen LogP contribution is -2.80. The SMILES string of the molecule is Cc1cc(N2CC(=O)N(Cc3ccc(C(F)(F)F)cc3)C3(CN(C=O)C3)C2=O)ccc1C#N. The molecule has 2 aromatic rings. The highest BCUT2D eigenvalue weighted by atomic mass is 19.4. The number of carbonyl (C=O) groups is 3. The third-order valence-corrected chi connectivity index (χ3v) is 6.10. The standard InChI is InChI=1S/C23H19F3N4O3/c1-15-8-19(7-4-17(15)9-27)29-11-20(32)30(22(21(29)33)12-28(13-22)14-31)10-16-2-5-18(6-3-16)23(24,25)26/h2-8,14H,10-13H2,1H3. The maximum atomic E-state index is 13.6. The Kier molecular flexibility index (Phi) is 5.36. The normalized spacial score (nSPS) is 17.7. The minimum Gasteiger partial charge on any atom is -0.339 e. The summed E-state index contributed by atoms with van der Waals surface area (Å²) in [7, 11) is 0. The number of nitrogens with zero attached hydrogens (tertiary/aromatic N) is 4. The average molecular weight is 456 g/mol. The summed E-state index contributed by atoms with van der Waals surface area (Å²) in [5, 5.41) is 9.14. The maximum Gasteiger partial charge on any atom is 0.416 e. The summed E-state index contributed by atoms with van der Waals surface area (Å²) in [5.74, 6) is -0.765. The van der Waals surface area contributed by atoms with Crippen molar-refractivity contribution >= 4 is 23.9 Å². The van der Waals surface area contributed by atoms with Crippen molar-refractivity contribution in [2.45, 2.75) is 25.2 Å². The molecule has 0 N–H and O–H groups in total. The van der Waals surface area contributed by atoms with Gasteiger partial charge >= 0.3 is 6.18 Å². The number of nitriles is 1. The first-order valence-electron chi connectivity index (χ1n) is 10.1. The monoisotopic (exact) mass is 456 g/mol. The van der Waals surface area contributed by atoms with Crippen LogP contribution in [0.15, 0.2) is 42.5 Å². The van der Waals surface area contributed by atoms with Gasteiger partial charge in [-0.1, -0.05) is 12.1 Å². The van der Waals surface area contributed by atoms with Gasteiger partial charge in [-0.2, -0.15) is 18.4 Å². The number of piperazine rings is 1. The molecule has 2 aromatic carbocycles. The summed E-state index contributed by atoms with van der Waals surface area (Å²) in [5.41, 5.74) is -0.108. The predicted octanol–water partition coefficient (Wildman–Crippen LogP) is 2.47. The van der Waals surface area contributed by atoms with E-state index in [4.69, 9.17) is 5.26 Å². The van der Waals surface area contributed by atoms with Crippen LogP contribution in [-0.4, -0.2) is 53.2 Å². The fraction of sp³-hybridized carbons (Fsp3) is 0.304. The van der Waals surface area contributed by atoms with Crippen LogP contribution in [0, 0.1) is 18.3 Å². The molecule has 10 heteroatoms. The van der Waals surface area contributed by atoms with Crippen molar-refractivity contribution in [1.82, 2.24) is 9.80 Å². The molecule has 2 aliphatic heterocycles. The lowest BCUT2D eigenvalue weighted by molar-refractivity contribution is -0.166.